The van der Waals surface area contributed by atoms with Crippen molar-refractivity contribution in [2.45, 2.75) is 44.4 Å². The minimum Gasteiger partial charge on any atom is -0.484 e. The van der Waals surface area contributed by atoms with E-state index in [2.05, 4.69) is 27.6 Å². The zero-order chi connectivity index (χ0) is 32.7. The number of aromatic nitrogens is 3. The van der Waals surface area contributed by atoms with Gasteiger partial charge in [-0.2, -0.15) is 4.98 Å². The maximum Gasteiger partial charge on any atom is 0.276 e. The number of piperidine rings is 1. The quantitative estimate of drug-likeness (QED) is 0.212. The summed E-state index contributed by atoms with van der Waals surface area (Å²) in [6.45, 7) is 5.85. The van der Waals surface area contributed by atoms with E-state index in [1.807, 2.05) is 86.5 Å². The van der Waals surface area contributed by atoms with Crippen LogP contribution in [-0.2, 0) is 0 Å². The summed E-state index contributed by atoms with van der Waals surface area (Å²) in [5, 5.41) is 7.55. The van der Waals surface area contributed by atoms with E-state index < -0.39 is 11.6 Å². The van der Waals surface area contributed by atoms with Gasteiger partial charge in [-0.25, -0.2) is 4.98 Å². The smallest absolute Gasteiger partial charge is 0.276 e. The van der Waals surface area contributed by atoms with Crippen molar-refractivity contribution in [1.29, 1.82) is 0 Å². The number of carbonyl (C=O) groups excluding carboxylic acids is 1. The summed E-state index contributed by atoms with van der Waals surface area (Å²) in [6, 6.07) is 26.1. The van der Waals surface area contributed by atoms with Crippen LogP contribution in [0.3, 0.4) is 0 Å². The molecule has 0 saturated carbocycles. The number of ether oxygens (including phenoxy) is 1. The molecule has 0 aliphatic carbocycles. The van der Waals surface area contributed by atoms with Crippen LogP contribution in [-0.4, -0.2) is 64.0 Å². The molecule has 2 aliphatic heterocycles. The molecule has 7 rings (SSSR count). The van der Waals surface area contributed by atoms with Gasteiger partial charge in [-0.15, -0.1) is 0 Å². The lowest BCUT2D eigenvalue weighted by Gasteiger charge is -2.40. The van der Waals surface area contributed by atoms with Crippen molar-refractivity contribution in [3.8, 4) is 5.75 Å². The molecule has 2 N–H and O–H groups in total. The number of rotatable bonds is 7. The minimum absolute atomic E-state index is 0.208. The van der Waals surface area contributed by atoms with Gasteiger partial charge in [0.2, 0.25) is 5.95 Å². The van der Waals surface area contributed by atoms with Gasteiger partial charge < -0.3 is 25.2 Å². The van der Waals surface area contributed by atoms with E-state index in [9.17, 15) is 9.59 Å². The average Bonchev–Trinajstić information content (AvgIpc) is 3.07. The van der Waals surface area contributed by atoms with Crippen molar-refractivity contribution in [2.75, 3.05) is 42.7 Å². The van der Waals surface area contributed by atoms with Crippen LogP contribution in [0.15, 0.2) is 95.9 Å². The van der Waals surface area contributed by atoms with Crippen molar-refractivity contribution in [3.63, 3.8) is 0 Å². The Bertz CT molecular complexity index is 1980. The second-order valence-corrected chi connectivity index (χ2v) is 13.0. The number of fused-ring (bicyclic) bond motifs is 2. The first kappa shape index (κ1) is 30.4. The van der Waals surface area contributed by atoms with E-state index in [0.29, 0.717) is 40.0 Å². The monoisotopic (exact) mass is 629 g/mol. The lowest BCUT2D eigenvalue weighted by molar-refractivity contribution is 0.0305. The molecule has 0 spiro atoms. The highest BCUT2D eigenvalue weighted by Crippen LogP contribution is 2.40. The van der Waals surface area contributed by atoms with Crippen LogP contribution in [0.2, 0.25) is 0 Å². The number of benzene rings is 3. The van der Waals surface area contributed by atoms with Crippen molar-refractivity contribution in [2.24, 2.45) is 0 Å². The summed E-state index contributed by atoms with van der Waals surface area (Å²) in [5.74, 6) is 0.605. The van der Waals surface area contributed by atoms with Gasteiger partial charge in [-0.1, -0.05) is 30.3 Å². The number of ketones is 1. The van der Waals surface area contributed by atoms with Gasteiger partial charge in [0.1, 0.15) is 28.7 Å². The second-order valence-electron chi connectivity index (χ2n) is 13.0. The zero-order valence-corrected chi connectivity index (χ0v) is 27.1. The zero-order valence-electron chi connectivity index (χ0n) is 27.1. The molecule has 1 unspecified atom stereocenters. The lowest BCUT2D eigenvalue weighted by atomic mass is 9.87. The third-order valence-electron chi connectivity index (χ3n) is 9.18. The van der Waals surface area contributed by atoms with E-state index in [1.165, 1.54) is 4.57 Å². The molecule has 1 saturated heterocycles. The highest BCUT2D eigenvalue weighted by molar-refractivity contribution is 6.04. The highest BCUT2D eigenvalue weighted by Gasteiger charge is 2.46. The maximum absolute atomic E-state index is 14.6. The Morgan fingerprint density at radius 1 is 0.915 bits per heavy atom. The molecule has 47 heavy (non-hydrogen) atoms. The van der Waals surface area contributed by atoms with Crippen LogP contribution in [0.5, 0.6) is 5.75 Å². The molecule has 240 valence electrons. The van der Waals surface area contributed by atoms with Gasteiger partial charge in [-0.3, -0.25) is 14.2 Å². The Morgan fingerprint density at radius 3 is 2.34 bits per heavy atom. The third kappa shape index (κ3) is 5.92. The number of Topliss-reactive ketones (excluding diaryl/α,β-unsaturated/α-hetero) is 1. The first-order chi connectivity index (χ1) is 22.7. The van der Waals surface area contributed by atoms with Gasteiger partial charge in [0.05, 0.1) is 5.56 Å². The number of carbonyl (C=O) groups is 1. The number of para-hydroxylation sites is 2. The van der Waals surface area contributed by atoms with Crippen LogP contribution < -0.4 is 25.8 Å². The Morgan fingerprint density at radius 2 is 1.60 bits per heavy atom. The topological polar surface area (TPSA) is 105 Å². The molecular weight excluding hydrogens is 590 g/mol. The molecule has 3 aromatic carbocycles. The molecular formula is C37H39N7O3. The summed E-state index contributed by atoms with van der Waals surface area (Å²) in [4.78, 5) is 42.4. The fraction of sp³-hybridized carbons (Fsp3) is 0.297. The third-order valence-corrected chi connectivity index (χ3v) is 9.18. The Kier molecular flexibility index (Phi) is 7.89. The number of likely N-dealkylation sites (tertiary alicyclic amines) is 1. The van der Waals surface area contributed by atoms with Crippen LogP contribution in [0.25, 0.3) is 11.0 Å². The molecule has 0 amide bonds. The normalized spacial score (nSPS) is 18.0. The van der Waals surface area contributed by atoms with Crippen LogP contribution in [0, 0.1) is 0 Å². The maximum atomic E-state index is 14.6. The molecule has 1 atom stereocenters. The van der Waals surface area contributed by atoms with Gasteiger partial charge in [0, 0.05) is 41.7 Å². The van der Waals surface area contributed by atoms with Crippen molar-refractivity contribution >= 4 is 45.5 Å². The Hall–Kier alpha value is -5.22. The predicted octanol–water partition coefficient (Wildman–Crippen LogP) is 6.40. The van der Waals surface area contributed by atoms with Crippen LogP contribution in [0.4, 0.5) is 28.7 Å². The summed E-state index contributed by atoms with van der Waals surface area (Å²) in [6.07, 6.45) is 3.92. The number of pyridine rings is 1. The standard InChI is InChI=1S/C37H39N7O3/c1-37(2)33(32(45)29-12-8-9-13-31(29)47-37)44-34-24(22-30(35(44)46)43(4)28-10-6-5-7-11-28)23-38-36(41-34)40-26-16-14-25(15-17-26)39-27-18-20-42(3)21-19-27/h5-17,22-23,27,33,39H,18-21H2,1-4H3,(H,38,40,41). The molecule has 10 heteroatoms. The van der Waals surface area contributed by atoms with Gasteiger partial charge >= 0.3 is 0 Å². The molecule has 1 fully saturated rings. The first-order valence-electron chi connectivity index (χ1n) is 16.0. The molecule has 5 aromatic rings. The van der Waals surface area contributed by atoms with E-state index in [0.717, 1.165) is 43.0 Å². The molecule has 4 heterocycles. The van der Waals surface area contributed by atoms with Crippen LogP contribution in [0.1, 0.15) is 43.1 Å². The van der Waals surface area contributed by atoms with E-state index in [1.54, 1.807) is 30.5 Å². The SMILES string of the molecule is CN1CCC(Nc2ccc(Nc3ncc4cc(N(C)c5ccccc5)c(=O)n(C5C(=O)c6ccccc6OC5(C)C)c4n3)cc2)CC1. The highest BCUT2D eigenvalue weighted by atomic mass is 16.5. The van der Waals surface area contributed by atoms with E-state index in [-0.39, 0.29) is 11.3 Å². The van der Waals surface area contributed by atoms with E-state index >= 15 is 0 Å². The molecule has 10 nitrogen and oxygen atoms in total. The number of hydrogen-bond acceptors (Lipinski definition) is 9. The van der Waals surface area contributed by atoms with Crippen molar-refractivity contribution < 1.29 is 9.53 Å². The van der Waals surface area contributed by atoms with Gasteiger partial charge in [-0.05, 0) is 101 Å². The van der Waals surface area contributed by atoms with E-state index in [4.69, 9.17) is 9.72 Å². The Labute approximate surface area is 274 Å². The molecule has 2 aliphatic rings. The molecule has 2 aromatic heterocycles. The number of anilines is 5. The molecule has 0 radical (unpaired) electrons. The summed E-state index contributed by atoms with van der Waals surface area (Å²) < 4.78 is 7.87. The number of hydrogen-bond donors (Lipinski definition) is 2. The number of nitrogens with zero attached hydrogens (tertiary/aromatic N) is 5. The first-order valence-corrected chi connectivity index (χ1v) is 16.0. The Balaban J connectivity index is 1.28. The predicted molar refractivity (Wildman–Crippen MR) is 187 cm³/mol. The number of nitrogens with one attached hydrogen (secondary N) is 2. The summed E-state index contributed by atoms with van der Waals surface area (Å²) >= 11 is 0. The van der Waals surface area contributed by atoms with Crippen LogP contribution >= 0.6 is 0 Å². The fourth-order valence-corrected chi connectivity index (χ4v) is 6.59. The molecule has 0 bridgehead atoms. The van der Waals surface area contributed by atoms with Gasteiger partial charge in [0.15, 0.2) is 5.78 Å². The largest absolute Gasteiger partial charge is 0.484 e. The van der Waals surface area contributed by atoms with Crippen molar-refractivity contribution in [3.05, 3.63) is 107 Å². The lowest BCUT2D eigenvalue weighted by Crippen LogP contribution is -2.50. The minimum atomic E-state index is -1.05. The van der Waals surface area contributed by atoms with Gasteiger partial charge in [0.25, 0.3) is 5.56 Å². The summed E-state index contributed by atoms with van der Waals surface area (Å²) in [5.41, 5.74) is 2.45. The summed E-state index contributed by atoms with van der Waals surface area (Å²) in [7, 11) is 4.00. The second kappa shape index (κ2) is 12.2. The fourth-order valence-electron chi connectivity index (χ4n) is 6.59. The average molecular weight is 630 g/mol. The van der Waals surface area contributed by atoms with Crippen molar-refractivity contribution in [1.82, 2.24) is 19.4 Å².